The van der Waals surface area contributed by atoms with Crippen LogP contribution in [-0.2, 0) is 17.9 Å². The third-order valence-electron chi connectivity index (χ3n) is 9.59. The number of rotatable bonds is 15. The van der Waals surface area contributed by atoms with Crippen LogP contribution in [0.1, 0.15) is 103 Å². The molecule has 0 unspecified atom stereocenters. The molecule has 0 atom stereocenters. The molecule has 2 aromatic heterocycles. The Hall–Kier alpha value is -2.79. The van der Waals surface area contributed by atoms with Gasteiger partial charge in [0.2, 0.25) is 11.9 Å². The zero-order chi connectivity index (χ0) is 29.7. The van der Waals surface area contributed by atoms with Gasteiger partial charge < -0.3 is 26.2 Å². The van der Waals surface area contributed by atoms with E-state index in [-0.39, 0.29) is 5.41 Å². The van der Waals surface area contributed by atoms with E-state index in [1.807, 2.05) is 16.9 Å². The minimum absolute atomic E-state index is 0.153. The number of anilines is 2. The molecule has 43 heavy (non-hydrogen) atoms. The van der Waals surface area contributed by atoms with Gasteiger partial charge in [0.05, 0.1) is 12.7 Å². The highest BCUT2D eigenvalue weighted by Gasteiger charge is 2.38. The van der Waals surface area contributed by atoms with Crippen LogP contribution in [0, 0.1) is 5.41 Å². The van der Waals surface area contributed by atoms with Gasteiger partial charge in [-0.3, -0.25) is 9.48 Å². The van der Waals surface area contributed by atoms with Gasteiger partial charge in [0, 0.05) is 43.3 Å². The van der Waals surface area contributed by atoms with E-state index in [4.69, 9.17) is 0 Å². The Morgan fingerprint density at radius 2 is 1.72 bits per heavy atom. The maximum Gasteiger partial charge on any atom is 0.228 e. The van der Waals surface area contributed by atoms with Crippen molar-refractivity contribution < 1.29 is 4.79 Å². The quantitative estimate of drug-likeness (QED) is 0.223. The molecule has 5 rings (SSSR count). The summed E-state index contributed by atoms with van der Waals surface area (Å²) >= 11 is 0. The number of amides is 1. The van der Waals surface area contributed by atoms with Crippen molar-refractivity contribution in [3.8, 4) is 0 Å². The Bertz CT molecular complexity index is 1100. The smallest absolute Gasteiger partial charge is 0.228 e. The molecule has 1 saturated heterocycles. The number of aromatic nitrogens is 5. The molecule has 1 amide bonds. The van der Waals surface area contributed by atoms with Crippen molar-refractivity contribution in [1.82, 2.24) is 40.5 Å². The van der Waals surface area contributed by atoms with E-state index in [0.29, 0.717) is 24.4 Å². The van der Waals surface area contributed by atoms with Gasteiger partial charge in [-0.05, 0) is 77.1 Å². The Balaban J connectivity index is 0.946. The van der Waals surface area contributed by atoms with Crippen LogP contribution in [0.2, 0.25) is 0 Å². The van der Waals surface area contributed by atoms with Crippen LogP contribution in [0.15, 0.2) is 18.5 Å². The fourth-order valence-corrected chi connectivity index (χ4v) is 6.90. The zero-order valence-corrected chi connectivity index (χ0v) is 26.3. The molecule has 0 aromatic carbocycles. The number of carbonyl (C=O) groups is 1. The summed E-state index contributed by atoms with van der Waals surface area (Å²) in [5.74, 6) is 1.74. The third kappa shape index (κ3) is 9.86. The largest absolute Gasteiger partial charge is 0.367 e. The molecular weight excluding hydrogens is 540 g/mol. The van der Waals surface area contributed by atoms with Gasteiger partial charge >= 0.3 is 0 Å². The summed E-state index contributed by atoms with van der Waals surface area (Å²) in [6.45, 7) is 8.32. The first-order valence-electron chi connectivity index (χ1n) is 17.0. The van der Waals surface area contributed by atoms with Crippen LogP contribution in [0.3, 0.4) is 0 Å². The summed E-state index contributed by atoms with van der Waals surface area (Å²) in [6.07, 6.45) is 20.4. The van der Waals surface area contributed by atoms with Gasteiger partial charge in [-0.2, -0.15) is 4.98 Å². The molecule has 1 aliphatic heterocycles. The van der Waals surface area contributed by atoms with Crippen LogP contribution in [0.5, 0.6) is 0 Å². The fourth-order valence-electron chi connectivity index (χ4n) is 6.90. The highest BCUT2D eigenvalue weighted by Crippen LogP contribution is 2.38. The SMILES string of the molecule is CC1(C(=O)N2CCC(Nc3ccnc(NCc4cn(CCCNCCCNC5CCCCC5)nn4)n3)CC2)CCCCC1. The molecule has 0 radical (unpaired) electrons. The van der Waals surface area contributed by atoms with Crippen molar-refractivity contribution >= 4 is 17.7 Å². The number of nitrogens with zero attached hydrogens (tertiary/aromatic N) is 6. The predicted octanol–water partition coefficient (Wildman–Crippen LogP) is 4.35. The molecule has 2 aliphatic carbocycles. The lowest BCUT2D eigenvalue weighted by atomic mass is 9.74. The first-order chi connectivity index (χ1) is 21.1. The standard InChI is InChI=1S/C32H54N10O/c1-32(15-6-3-7-16-32)30(43)41-22-13-27(14-23-41)37-29-12-20-35-31(38-29)36-24-28-25-42(40-39-28)21-9-18-33-17-8-19-34-26-10-4-2-5-11-26/h12,20,25-27,33-34H,2-11,13-19,21-24H2,1H3,(H2,35,36,37,38). The molecule has 238 valence electrons. The maximum atomic E-state index is 13.2. The van der Waals surface area contributed by atoms with E-state index in [0.717, 1.165) is 88.9 Å². The first kappa shape index (κ1) is 31.6. The van der Waals surface area contributed by atoms with Gasteiger partial charge in [-0.1, -0.05) is 50.7 Å². The molecule has 3 fully saturated rings. The number of hydrogen-bond acceptors (Lipinski definition) is 9. The Morgan fingerprint density at radius 3 is 2.53 bits per heavy atom. The average molecular weight is 595 g/mol. The summed E-state index contributed by atoms with van der Waals surface area (Å²) < 4.78 is 1.91. The van der Waals surface area contributed by atoms with E-state index >= 15 is 0 Å². The predicted molar refractivity (Wildman–Crippen MR) is 171 cm³/mol. The van der Waals surface area contributed by atoms with Crippen molar-refractivity contribution in [3.05, 3.63) is 24.2 Å². The maximum absolute atomic E-state index is 13.2. The van der Waals surface area contributed by atoms with Crippen molar-refractivity contribution in [1.29, 1.82) is 0 Å². The summed E-state index contributed by atoms with van der Waals surface area (Å²) in [4.78, 5) is 24.3. The van der Waals surface area contributed by atoms with E-state index in [9.17, 15) is 4.79 Å². The summed E-state index contributed by atoms with van der Waals surface area (Å²) in [5.41, 5.74) is 0.715. The Kier molecular flexibility index (Phi) is 12.0. The summed E-state index contributed by atoms with van der Waals surface area (Å²) in [6, 6.07) is 2.96. The molecule has 2 saturated carbocycles. The Morgan fingerprint density at radius 1 is 0.953 bits per heavy atom. The number of carbonyl (C=O) groups excluding carboxylic acids is 1. The van der Waals surface area contributed by atoms with Gasteiger partial charge in [0.15, 0.2) is 0 Å². The molecule has 11 heteroatoms. The zero-order valence-electron chi connectivity index (χ0n) is 26.3. The van der Waals surface area contributed by atoms with Gasteiger partial charge in [0.1, 0.15) is 11.5 Å². The van der Waals surface area contributed by atoms with E-state index in [1.165, 1.54) is 57.8 Å². The molecule has 2 aromatic rings. The van der Waals surface area contributed by atoms with Crippen LogP contribution in [-0.4, -0.2) is 80.6 Å². The van der Waals surface area contributed by atoms with Crippen LogP contribution < -0.4 is 21.3 Å². The van der Waals surface area contributed by atoms with Crippen molar-refractivity contribution in [2.24, 2.45) is 5.41 Å². The van der Waals surface area contributed by atoms with E-state index in [1.54, 1.807) is 6.20 Å². The number of likely N-dealkylation sites (tertiary alicyclic amines) is 1. The number of aryl methyl sites for hydroxylation is 1. The van der Waals surface area contributed by atoms with Crippen molar-refractivity contribution in [2.45, 2.75) is 122 Å². The third-order valence-corrected chi connectivity index (χ3v) is 9.59. The molecule has 11 nitrogen and oxygen atoms in total. The lowest BCUT2D eigenvalue weighted by molar-refractivity contribution is -0.144. The van der Waals surface area contributed by atoms with Crippen LogP contribution in [0.25, 0.3) is 0 Å². The topological polar surface area (TPSA) is 125 Å². The van der Waals surface area contributed by atoms with Crippen LogP contribution >= 0.6 is 0 Å². The van der Waals surface area contributed by atoms with E-state index in [2.05, 4.69) is 53.4 Å². The normalized spacial score (nSPS) is 19.8. The minimum Gasteiger partial charge on any atom is -0.367 e. The van der Waals surface area contributed by atoms with Crippen LogP contribution in [0.4, 0.5) is 11.8 Å². The molecule has 0 bridgehead atoms. The van der Waals surface area contributed by atoms with Crippen molar-refractivity contribution in [2.75, 3.05) is 43.4 Å². The summed E-state index contributed by atoms with van der Waals surface area (Å²) in [7, 11) is 0. The monoisotopic (exact) mass is 594 g/mol. The van der Waals surface area contributed by atoms with Gasteiger partial charge in [0.25, 0.3) is 0 Å². The number of hydrogen-bond donors (Lipinski definition) is 4. The lowest BCUT2D eigenvalue weighted by Crippen LogP contribution is -2.48. The van der Waals surface area contributed by atoms with Gasteiger partial charge in [-0.25, -0.2) is 4.98 Å². The molecular formula is C32H54N10O. The lowest BCUT2D eigenvalue weighted by Gasteiger charge is -2.40. The molecule has 4 N–H and O–H groups in total. The second-order valence-corrected chi connectivity index (χ2v) is 13.2. The Labute approximate surface area is 257 Å². The highest BCUT2D eigenvalue weighted by molar-refractivity contribution is 5.82. The number of piperidine rings is 1. The second-order valence-electron chi connectivity index (χ2n) is 13.2. The van der Waals surface area contributed by atoms with Gasteiger partial charge in [-0.15, -0.1) is 5.10 Å². The second kappa shape index (κ2) is 16.3. The highest BCUT2D eigenvalue weighted by atomic mass is 16.2. The molecule has 3 aliphatic rings. The molecule has 0 spiro atoms. The fraction of sp³-hybridized carbons (Fsp3) is 0.781. The van der Waals surface area contributed by atoms with E-state index < -0.39 is 0 Å². The summed E-state index contributed by atoms with van der Waals surface area (Å²) in [5, 5.41) is 22.7. The first-order valence-corrected chi connectivity index (χ1v) is 17.0. The average Bonchev–Trinajstić information content (AvgIpc) is 3.50. The number of nitrogens with one attached hydrogen (secondary N) is 4. The van der Waals surface area contributed by atoms with Crippen molar-refractivity contribution in [3.63, 3.8) is 0 Å². The molecule has 3 heterocycles. The minimum atomic E-state index is -0.153.